The number of ether oxygens (including phenoxy) is 1. The van der Waals surface area contributed by atoms with Gasteiger partial charge in [0.15, 0.2) is 0 Å². The SMILES string of the molecule is COc1cccc([C@H](N)CCN)c1. The molecule has 4 N–H and O–H groups in total. The first-order valence-electron chi connectivity index (χ1n) is 4.37. The monoisotopic (exact) mass is 180 g/mol. The first-order valence-corrected chi connectivity index (χ1v) is 4.37. The summed E-state index contributed by atoms with van der Waals surface area (Å²) >= 11 is 0. The van der Waals surface area contributed by atoms with Crippen LogP contribution in [-0.4, -0.2) is 13.7 Å². The summed E-state index contributed by atoms with van der Waals surface area (Å²) in [5.41, 5.74) is 12.4. The fraction of sp³-hybridized carbons (Fsp3) is 0.400. The maximum absolute atomic E-state index is 5.89. The zero-order chi connectivity index (χ0) is 9.68. The quantitative estimate of drug-likeness (QED) is 0.728. The highest BCUT2D eigenvalue weighted by Crippen LogP contribution is 2.18. The second kappa shape index (κ2) is 4.84. The predicted molar refractivity (Wildman–Crippen MR) is 53.6 cm³/mol. The molecule has 3 heteroatoms. The molecule has 0 aliphatic heterocycles. The van der Waals surface area contributed by atoms with Gasteiger partial charge >= 0.3 is 0 Å². The van der Waals surface area contributed by atoms with Crippen molar-refractivity contribution >= 4 is 0 Å². The molecule has 13 heavy (non-hydrogen) atoms. The van der Waals surface area contributed by atoms with Gasteiger partial charge in [-0.1, -0.05) is 12.1 Å². The molecule has 0 unspecified atom stereocenters. The van der Waals surface area contributed by atoms with Crippen LogP contribution in [0.25, 0.3) is 0 Å². The van der Waals surface area contributed by atoms with Crippen LogP contribution in [0.1, 0.15) is 18.0 Å². The van der Waals surface area contributed by atoms with Gasteiger partial charge in [0.1, 0.15) is 5.75 Å². The summed E-state index contributed by atoms with van der Waals surface area (Å²) in [5, 5.41) is 0. The maximum Gasteiger partial charge on any atom is 0.119 e. The summed E-state index contributed by atoms with van der Waals surface area (Å²) in [7, 11) is 1.65. The Morgan fingerprint density at radius 1 is 1.46 bits per heavy atom. The minimum Gasteiger partial charge on any atom is -0.497 e. The number of hydrogen-bond acceptors (Lipinski definition) is 3. The van der Waals surface area contributed by atoms with Gasteiger partial charge in [0.25, 0.3) is 0 Å². The van der Waals surface area contributed by atoms with Crippen LogP contribution in [-0.2, 0) is 0 Å². The molecular formula is C10H16N2O. The molecule has 0 saturated carbocycles. The maximum atomic E-state index is 5.89. The lowest BCUT2D eigenvalue weighted by Gasteiger charge is -2.11. The third-order valence-electron chi connectivity index (χ3n) is 2.00. The number of benzene rings is 1. The Morgan fingerprint density at radius 2 is 2.23 bits per heavy atom. The third-order valence-corrected chi connectivity index (χ3v) is 2.00. The van der Waals surface area contributed by atoms with E-state index in [2.05, 4.69) is 0 Å². The van der Waals surface area contributed by atoms with Crippen molar-refractivity contribution in [2.45, 2.75) is 12.5 Å². The zero-order valence-corrected chi connectivity index (χ0v) is 7.86. The molecule has 0 fully saturated rings. The molecule has 0 amide bonds. The van der Waals surface area contributed by atoms with Crippen molar-refractivity contribution in [3.8, 4) is 5.75 Å². The Kier molecular flexibility index (Phi) is 3.73. The van der Waals surface area contributed by atoms with Crippen LogP contribution >= 0.6 is 0 Å². The van der Waals surface area contributed by atoms with Gasteiger partial charge in [0.2, 0.25) is 0 Å². The molecular weight excluding hydrogens is 164 g/mol. The van der Waals surface area contributed by atoms with Crippen molar-refractivity contribution < 1.29 is 4.74 Å². The summed E-state index contributed by atoms with van der Waals surface area (Å²) in [5.74, 6) is 0.838. The Bertz CT molecular complexity index is 263. The minimum atomic E-state index is 0.0140. The molecule has 3 nitrogen and oxygen atoms in total. The minimum absolute atomic E-state index is 0.0140. The van der Waals surface area contributed by atoms with Crippen molar-refractivity contribution in [1.29, 1.82) is 0 Å². The molecule has 0 aliphatic rings. The zero-order valence-electron chi connectivity index (χ0n) is 7.86. The molecule has 1 atom stereocenters. The number of rotatable bonds is 4. The fourth-order valence-corrected chi connectivity index (χ4v) is 1.22. The van der Waals surface area contributed by atoms with Crippen LogP contribution in [0.4, 0.5) is 0 Å². The van der Waals surface area contributed by atoms with Crippen LogP contribution in [0.3, 0.4) is 0 Å². The second-order valence-electron chi connectivity index (χ2n) is 2.96. The summed E-state index contributed by atoms with van der Waals surface area (Å²) in [6.07, 6.45) is 0.799. The van der Waals surface area contributed by atoms with Crippen molar-refractivity contribution in [2.75, 3.05) is 13.7 Å². The second-order valence-corrected chi connectivity index (χ2v) is 2.96. The smallest absolute Gasteiger partial charge is 0.119 e. The van der Waals surface area contributed by atoms with Crippen molar-refractivity contribution in [1.82, 2.24) is 0 Å². The molecule has 0 radical (unpaired) electrons. The summed E-state index contributed by atoms with van der Waals surface area (Å²) in [6.45, 7) is 0.610. The van der Waals surface area contributed by atoms with Crippen molar-refractivity contribution in [2.24, 2.45) is 11.5 Å². The van der Waals surface area contributed by atoms with Crippen LogP contribution in [0.15, 0.2) is 24.3 Å². The topological polar surface area (TPSA) is 61.3 Å². The molecule has 1 aromatic carbocycles. The van der Waals surface area contributed by atoms with Gasteiger partial charge in [0, 0.05) is 6.04 Å². The van der Waals surface area contributed by atoms with E-state index in [1.54, 1.807) is 7.11 Å². The van der Waals surface area contributed by atoms with E-state index in [4.69, 9.17) is 16.2 Å². The van der Waals surface area contributed by atoms with E-state index < -0.39 is 0 Å². The largest absolute Gasteiger partial charge is 0.497 e. The van der Waals surface area contributed by atoms with Crippen molar-refractivity contribution in [3.05, 3.63) is 29.8 Å². The standard InChI is InChI=1S/C10H16N2O/c1-13-9-4-2-3-8(7-9)10(12)5-6-11/h2-4,7,10H,5-6,11-12H2,1H3/t10-/m1/s1. The Labute approximate surface area is 78.7 Å². The molecule has 0 spiro atoms. The van der Waals surface area contributed by atoms with E-state index in [9.17, 15) is 0 Å². The Hall–Kier alpha value is -1.06. The third kappa shape index (κ3) is 2.72. The first kappa shape index (κ1) is 10.0. The fourth-order valence-electron chi connectivity index (χ4n) is 1.22. The first-order chi connectivity index (χ1) is 6.27. The molecule has 0 saturated heterocycles. The molecule has 0 bridgehead atoms. The predicted octanol–water partition coefficient (Wildman–Crippen LogP) is 1.04. The van der Waals surface area contributed by atoms with Gasteiger partial charge in [-0.3, -0.25) is 0 Å². The Balaban J connectivity index is 2.75. The van der Waals surface area contributed by atoms with E-state index in [1.807, 2.05) is 24.3 Å². The molecule has 0 aliphatic carbocycles. The molecule has 1 rings (SSSR count). The molecule has 0 aromatic heterocycles. The van der Waals surface area contributed by atoms with E-state index in [1.165, 1.54) is 0 Å². The highest BCUT2D eigenvalue weighted by Gasteiger charge is 2.04. The van der Waals surface area contributed by atoms with Gasteiger partial charge < -0.3 is 16.2 Å². The summed E-state index contributed by atoms with van der Waals surface area (Å²) < 4.78 is 5.10. The molecule has 72 valence electrons. The summed E-state index contributed by atoms with van der Waals surface area (Å²) in [6, 6.07) is 7.78. The Morgan fingerprint density at radius 3 is 2.85 bits per heavy atom. The van der Waals surface area contributed by atoms with Gasteiger partial charge in [-0.15, -0.1) is 0 Å². The van der Waals surface area contributed by atoms with Crippen LogP contribution in [0.5, 0.6) is 5.75 Å². The number of hydrogen-bond donors (Lipinski definition) is 2. The van der Waals surface area contributed by atoms with Gasteiger partial charge in [0.05, 0.1) is 7.11 Å². The number of methoxy groups -OCH3 is 1. The average Bonchev–Trinajstić information content (AvgIpc) is 2.18. The number of nitrogens with two attached hydrogens (primary N) is 2. The van der Waals surface area contributed by atoms with Gasteiger partial charge in [-0.05, 0) is 30.7 Å². The van der Waals surface area contributed by atoms with E-state index >= 15 is 0 Å². The average molecular weight is 180 g/mol. The van der Waals surface area contributed by atoms with Crippen LogP contribution < -0.4 is 16.2 Å². The molecule has 1 aromatic rings. The van der Waals surface area contributed by atoms with Gasteiger partial charge in [-0.25, -0.2) is 0 Å². The van der Waals surface area contributed by atoms with E-state index in [0.717, 1.165) is 17.7 Å². The lowest BCUT2D eigenvalue weighted by Crippen LogP contribution is -2.15. The van der Waals surface area contributed by atoms with E-state index in [-0.39, 0.29) is 6.04 Å². The lowest BCUT2D eigenvalue weighted by molar-refractivity contribution is 0.413. The van der Waals surface area contributed by atoms with Crippen LogP contribution in [0, 0.1) is 0 Å². The summed E-state index contributed by atoms with van der Waals surface area (Å²) in [4.78, 5) is 0. The highest BCUT2D eigenvalue weighted by molar-refractivity contribution is 5.30. The molecule has 0 heterocycles. The van der Waals surface area contributed by atoms with Crippen molar-refractivity contribution in [3.63, 3.8) is 0 Å². The highest BCUT2D eigenvalue weighted by atomic mass is 16.5. The normalized spacial score (nSPS) is 12.5. The lowest BCUT2D eigenvalue weighted by atomic mass is 10.0. The van der Waals surface area contributed by atoms with Crippen LogP contribution in [0.2, 0.25) is 0 Å². The van der Waals surface area contributed by atoms with E-state index in [0.29, 0.717) is 6.54 Å². The van der Waals surface area contributed by atoms with Gasteiger partial charge in [-0.2, -0.15) is 0 Å².